The highest BCUT2D eigenvalue weighted by molar-refractivity contribution is 6.11. The van der Waals surface area contributed by atoms with Crippen molar-refractivity contribution in [2.75, 3.05) is 6.79 Å². The van der Waals surface area contributed by atoms with Crippen LogP contribution in [0.4, 0.5) is 0 Å². The monoisotopic (exact) mass is 282 g/mol. The van der Waals surface area contributed by atoms with E-state index in [-0.39, 0.29) is 12.6 Å². The van der Waals surface area contributed by atoms with Gasteiger partial charge in [0.15, 0.2) is 17.3 Å². The number of carbonyl (C=O) groups is 1. The molecule has 0 radical (unpaired) electrons. The molecule has 0 N–H and O–H groups in total. The van der Waals surface area contributed by atoms with Gasteiger partial charge in [-0.3, -0.25) is 4.79 Å². The summed E-state index contributed by atoms with van der Waals surface area (Å²) in [4.78, 5) is 12.9. The third-order valence-electron chi connectivity index (χ3n) is 4.23. The fraction of sp³-hybridized carbons (Fsp3) is 0.278. The van der Waals surface area contributed by atoms with E-state index in [1.54, 1.807) is 18.2 Å². The van der Waals surface area contributed by atoms with Crippen LogP contribution >= 0.6 is 0 Å². The van der Waals surface area contributed by atoms with Crippen LogP contribution in [0.3, 0.4) is 0 Å². The van der Waals surface area contributed by atoms with E-state index in [0.29, 0.717) is 17.1 Å². The van der Waals surface area contributed by atoms with Gasteiger partial charge in [0.1, 0.15) is 0 Å². The molecule has 108 valence electrons. The Bertz CT molecular complexity index is 718. The Morgan fingerprint density at radius 2 is 1.52 bits per heavy atom. The first-order valence-electron chi connectivity index (χ1n) is 7.01. The number of hydrogen-bond donors (Lipinski definition) is 0. The molecule has 1 aliphatic rings. The summed E-state index contributed by atoms with van der Waals surface area (Å²) in [7, 11) is 0. The first-order chi connectivity index (χ1) is 9.99. The summed E-state index contributed by atoms with van der Waals surface area (Å²) < 4.78 is 10.6. The summed E-state index contributed by atoms with van der Waals surface area (Å²) >= 11 is 0. The van der Waals surface area contributed by atoms with E-state index in [4.69, 9.17) is 9.47 Å². The van der Waals surface area contributed by atoms with E-state index in [2.05, 4.69) is 6.07 Å². The molecule has 0 bridgehead atoms. The molecule has 0 spiro atoms. The standard InChI is InChI=1S/C18H18O3/c1-10-7-11(2)13(4)17(12(10)3)18(19)14-5-6-15-16(8-14)21-9-20-15/h5-8H,9H2,1-4H3. The third kappa shape index (κ3) is 2.19. The quantitative estimate of drug-likeness (QED) is 0.784. The summed E-state index contributed by atoms with van der Waals surface area (Å²) in [5, 5.41) is 0. The summed E-state index contributed by atoms with van der Waals surface area (Å²) in [5.41, 5.74) is 5.80. The van der Waals surface area contributed by atoms with Crippen molar-refractivity contribution in [1.29, 1.82) is 0 Å². The minimum atomic E-state index is 0.0371. The highest BCUT2D eigenvalue weighted by Gasteiger charge is 2.20. The molecule has 3 nitrogen and oxygen atoms in total. The van der Waals surface area contributed by atoms with Gasteiger partial charge in [0, 0.05) is 11.1 Å². The maximum atomic E-state index is 12.9. The van der Waals surface area contributed by atoms with Gasteiger partial charge in [-0.25, -0.2) is 0 Å². The normalized spacial score (nSPS) is 12.6. The largest absolute Gasteiger partial charge is 0.454 e. The van der Waals surface area contributed by atoms with Gasteiger partial charge < -0.3 is 9.47 Å². The van der Waals surface area contributed by atoms with Crippen molar-refractivity contribution >= 4 is 5.78 Å². The molecular weight excluding hydrogens is 264 g/mol. The molecule has 2 aromatic rings. The molecule has 21 heavy (non-hydrogen) atoms. The van der Waals surface area contributed by atoms with E-state index in [1.165, 1.54) is 0 Å². The van der Waals surface area contributed by atoms with Gasteiger partial charge in [0.05, 0.1) is 0 Å². The summed E-state index contributed by atoms with van der Waals surface area (Å²) in [6.45, 7) is 8.30. The highest BCUT2D eigenvalue weighted by Crippen LogP contribution is 2.34. The van der Waals surface area contributed by atoms with E-state index >= 15 is 0 Å². The summed E-state index contributed by atoms with van der Waals surface area (Å²) in [5.74, 6) is 1.37. The van der Waals surface area contributed by atoms with Crippen LogP contribution < -0.4 is 9.47 Å². The van der Waals surface area contributed by atoms with E-state index < -0.39 is 0 Å². The van der Waals surface area contributed by atoms with Crippen LogP contribution in [0.1, 0.15) is 38.2 Å². The van der Waals surface area contributed by atoms with Crippen molar-refractivity contribution < 1.29 is 14.3 Å². The number of ether oxygens (including phenoxy) is 2. The molecule has 0 fully saturated rings. The van der Waals surface area contributed by atoms with Crippen LogP contribution in [0.5, 0.6) is 11.5 Å². The Morgan fingerprint density at radius 1 is 0.905 bits per heavy atom. The first kappa shape index (κ1) is 13.7. The predicted molar refractivity (Wildman–Crippen MR) is 81.4 cm³/mol. The Morgan fingerprint density at radius 3 is 2.19 bits per heavy atom. The maximum Gasteiger partial charge on any atom is 0.231 e. The Kier molecular flexibility index (Phi) is 3.20. The lowest BCUT2D eigenvalue weighted by atomic mass is 9.89. The number of hydrogen-bond acceptors (Lipinski definition) is 3. The minimum Gasteiger partial charge on any atom is -0.454 e. The van der Waals surface area contributed by atoms with Gasteiger partial charge in [0.25, 0.3) is 0 Å². The molecule has 0 saturated heterocycles. The van der Waals surface area contributed by atoms with Crippen molar-refractivity contribution in [2.24, 2.45) is 0 Å². The fourth-order valence-corrected chi connectivity index (χ4v) is 2.74. The van der Waals surface area contributed by atoms with E-state index in [1.807, 2.05) is 27.7 Å². The second kappa shape index (κ2) is 4.92. The molecule has 0 aliphatic carbocycles. The van der Waals surface area contributed by atoms with Crippen molar-refractivity contribution in [3.8, 4) is 11.5 Å². The van der Waals surface area contributed by atoms with Crippen LogP contribution in [0.2, 0.25) is 0 Å². The Balaban J connectivity index is 2.11. The predicted octanol–water partition coefficient (Wildman–Crippen LogP) is 3.88. The van der Waals surface area contributed by atoms with Gasteiger partial charge >= 0.3 is 0 Å². The number of ketones is 1. The zero-order valence-corrected chi connectivity index (χ0v) is 12.7. The zero-order valence-electron chi connectivity index (χ0n) is 12.7. The molecular formula is C18H18O3. The van der Waals surface area contributed by atoms with Crippen molar-refractivity contribution in [1.82, 2.24) is 0 Å². The van der Waals surface area contributed by atoms with Gasteiger partial charge in [-0.15, -0.1) is 0 Å². The summed E-state index contributed by atoms with van der Waals surface area (Å²) in [6, 6.07) is 7.48. The lowest BCUT2D eigenvalue weighted by Crippen LogP contribution is -2.09. The van der Waals surface area contributed by atoms with Crippen molar-refractivity contribution in [2.45, 2.75) is 27.7 Å². The smallest absolute Gasteiger partial charge is 0.231 e. The van der Waals surface area contributed by atoms with Gasteiger partial charge in [0.2, 0.25) is 6.79 Å². The Labute approximate surface area is 124 Å². The molecule has 0 amide bonds. The topological polar surface area (TPSA) is 35.5 Å². The number of fused-ring (bicyclic) bond motifs is 1. The van der Waals surface area contributed by atoms with Gasteiger partial charge in [-0.05, 0) is 68.1 Å². The second-order valence-electron chi connectivity index (χ2n) is 5.53. The average molecular weight is 282 g/mol. The van der Waals surface area contributed by atoms with Crippen LogP contribution in [0.25, 0.3) is 0 Å². The molecule has 1 aliphatic heterocycles. The molecule has 0 saturated carbocycles. The number of rotatable bonds is 2. The third-order valence-corrected chi connectivity index (χ3v) is 4.23. The Hall–Kier alpha value is -2.29. The van der Waals surface area contributed by atoms with Crippen molar-refractivity contribution in [3.05, 3.63) is 57.6 Å². The molecule has 0 aromatic heterocycles. The minimum absolute atomic E-state index is 0.0371. The maximum absolute atomic E-state index is 12.9. The van der Waals surface area contributed by atoms with Crippen LogP contribution in [-0.4, -0.2) is 12.6 Å². The molecule has 2 aromatic carbocycles. The molecule has 0 atom stereocenters. The number of carbonyl (C=O) groups excluding carboxylic acids is 1. The second-order valence-corrected chi connectivity index (χ2v) is 5.53. The number of aryl methyl sites for hydroxylation is 2. The average Bonchev–Trinajstić information content (AvgIpc) is 2.92. The first-order valence-corrected chi connectivity index (χ1v) is 7.01. The van der Waals surface area contributed by atoms with Gasteiger partial charge in [-0.2, -0.15) is 0 Å². The lowest BCUT2D eigenvalue weighted by molar-refractivity contribution is 0.103. The number of benzene rings is 2. The summed E-state index contributed by atoms with van der Waals surface area (Å²) in [6.07, 6.45) is 0. The highest BCUT2D eigenvalue weighted by atomic mass is 16.7. The van der Waals surface area contributed by atoms with E-state index in [9.17, 15) is 4.79 Å². The zero-order chi connectivity index (χ0) is 15.1. The molecule has 3 heteroatoms. The van der Waals surface area contributed by atoms with E-state index in [0.717, 1.165) is 27.8 Å². The van der Waals surface area contributed by atoms with Crippen LogP contribution in [0.15, 0.2) is 24.3 Å². The SMILES string of the molecule is Cc1cc(C)c(C)c(C(=O)c2ccc3c(c2)OCO3)c1C. The fourth-order valence-electron chi connectivity index (χ4n) is 2.74. The van der Waals surface area contributed by atoms with Crippen LogP contribution in [0, 0.1) is 27.7 Å². The molecule has 0 unspecified atom stereocenters. The van der Waals surface area contributed by atoms with Crippen molar-refractivity contribution in [3.63, 3.8) is 0 Å². The molecule has 3 rings (SSSR count). The van der Waals surface area contributed by atoms with Gasteiger partial charge in [-0.1, -0.05) is 6.07 Å². The molecule has 1 heterocycles. The van der Waals surface area contributed by atoms with Crippen LogP contribution in [-0.2, 0) is 0 Å². The lowest BCUT2D eigenvalue weighted by Gasteiger charge is -2.14.